The number of halogens is 1. The van der Waals surface area contributed by atoms with Crippen molar-refractivity contribution in [1.29, 1.82) is 0 Å². The zero-order chi connectivity index (χ0) is 10.8. The van der Waals surface area contributed by atoms with Crippen molar-refractivity contribution >= 4 is 33.1 Å². The third-order valence-electron chi connectivity index (χ3n) is 1.95. The molecule has 1 aromatic heterocycles. The van der Waals surface area contributed by atoms with Crippen molar-refractivity contribution in [3.63, 3.8) is 0 Å². The van der Waals surface area contributed by atoms with Gasteiger partial charge in [0.25, 0.3) is 0 Å². The lowest BCUT2D eigenvalue weighted by Gasteiger charge is -1.99. The molecule has 0 radical (unpaired) electrons. The Kier molecular flexibility index (Phi) is 2.93. The summed E-state index contributed by atoms with van der Waals surface area (Å²) in [5.74, 6) is 1.37. The van der Waals surface area contributed by atoms with E-state index in [-0.39, 0.29) is 0 Å². The number of anilines is 1. The predicted octanol–water partition coefficient (Wildman–Crippen LogP) is 3.16. The van der Waals surface area contributed by atoms with Crippen molar-refractivity contribution in [2.75, 3.05) is 12.8 Å². The number of methoxy groups -OCH3 is 1. The number of aromatic nitrogens is 1. The van der Waals surface area contributed by atoms with Crippen LogP contribution in [-0.4, -0.2) is 12.1 Å². The van der Waals surface area contributed by atoms with Crippen molar-refractivity contribution in [2.45, 2.75) is 0 Å². The first kappa shape index (κ1) is 10.4. The van der Waals surface area contributed by atoms with Crippen LogP contribution in [0, 0.1) is 0 Å². The van der Waals surface area contributed by atoms with E-state index in [1.54, 1.807) is 7.11 Å². The topological polar surface area (TPSA) is 48.1 Å². The normalized spacial score (nSPS) is 10.3. The summed E-state index contributed by atoms with van der Waals surface area (Å²) in [6, 6.07) is 7.73. The molecule has 0 bridgehead atoms. The summed E-state index contributed by atoms with van der Waals surface area (Å²) >= 11 is 4.87. The van der Waals surface area contributed by atoms with E-state index in [1.165, 1.54) is 11.3 Å². The van der Waals surface area contributed by atoms with Gasteiger partial charge in [-0.2, -0.15) is 0 Å². The lowest BCUT2D eigenvalue weighted by atomic mass is 10.2. The van der Waals surface area contributed by atoms with E-state index in [1.807, 2.05) is 24.3 Å². The van der Waals surface area contributed by atoms with Gasteiger partial charge in [-0.3, -0.25) is 0 Å². The summed E-state index contributed by atoms with van der Waals surface area (Å²) in [7, 11) is 1.65. The van der Waals surface area contributed by atoms with Crippen LogP contribution in [0.15, 0.2) is 28.1 Å². The second-order valence-electron chi connectivity index (χ2n) is 2.91. The van der Waals surface area contributed by atoms with Gasteiger partial charge in [-0.05, 0) is 40.2 Å². The number of nitrogens with two attached hydrogens (primary N) is 1. The zero-order valence-corrected chi connectivity index (χ0v) is 10.4. The molecular formula is C10H9BrN2OS. The number of rotatable bonds is 2. The Balaban J connectivity index is 2.37. The second-order valence-corrected chi connectivity index (χ2v) is 5.22. The lowest BCUT2D eigenvalue weighted by Crippen LogP contribution is -1.85. The Morgan fingerprint density at radius 1 is 1.33 bits per heavy atom. The van der Waals surface area contributed by atoms with Gasteiger partial charge < -0.3 is 10.5 Å². The van der Waals surface area contributed by atoms with Crippen LogP contribution in [0.4, 0.5) is 5.82 Å². The Labute approximate surface area is 100 Å². The van der Waals surface area contributed by atoms with Crippen molar-refractivity contribution < 1.29 is 4.74 Å². The van der Waals surface area contributed by atoms with Crippen LogP contribution >= 0.6 is 27.3 Å². The standard InChI is InChI=1S/C10H9BrN2OS/c1-14-7-4-2-6(3-5-7)10-13-9(12)8(11)15-10/h2-5H,12H2,1H3. The van der Waals surface area contributed by atoms with Gasteiger partial charge in [0.05, 0.1) is 7.11 Å². The number of benzene rings is 1. The molecule has 0 aliphatic carbocycles. The van der Waals surface area contributed by atoms with Crippen LogP contribution in [0.25, 0.3) is 10.6 Å². The van der Waals surface area contributed by atoms with E-state index < -0.39 is 0 Å². The minimum absolute atomic E-state index is 0.533. The maximum atomic E-state index is 5.66. The highest BCUT2D eigenvalue weighted by Crippen LogP contribution is 2.33. The summed E-state index contributed by atoms with van der Waals surface area (Å²) in [4.78, 5) is 4.24. The lowest BCUT2D eigenvalue weighted by molar-refractivity contribution is 0.415. The van der Waals surface area contributed by atoms with E-state index in [0.29, 0.717) is 5.82 Å². The van der Waals surface area contributed by atoms with Crippen molar-refractivity contribution in [3.05, 3.63) is 28.1 Å². The molecule has 2 rings (SSSR count). The molecule has 5 heteroatoms. The fraction of sp³-hybridized carbons (Fsp3) is 0.100. The van der Waals surface area contributed by atoms with Gasteiger partial charge in [0.1, 0.15) is 20.4 Å². The highest BCUT2D eigenvalue weighted by atomic mass is 79.9. The highest BCUT2D eigenvalue weighted by Gasteiger charge is 2.07. The zero-order valence-electron chi connectivity index (χ0n) is 8.03. The molecule has 0 spiro atoms. The van der Waals surface area contributed by atoms with Gasteiger partial charge in [-0.1, -0.05) is 0 Å². The molecule has 2 N–H and O–H groups in total. The summed E-state index contributed by atoms with van der Waals surface area (Å²) in [6.07, 6.45) is 0. The van der Waals surface area contributed by atoms with Crippen LogP contribution in [0.5, 0.6) is 5.75 Å². The first-order chi connectivity index (χ1) is 7.20. The Bertz CT molecular complexity index is 447. The number of hydrogen-bond donors (Lipinski definition) is 1. The third-order valence-corrected chi connectivity index (χ3v) is 3.75. The molecule has 3 nitrogen and oxygen atoms in total. The fourth-order valence-corrected chi connectivity index (χ4v) is 2.44. The molecular weight excluding hydrogens is 276 g/mol. The molecule has 78 valence electrons. The fourth-order valence-electron chi connectivity index (χ4n) is 1.17. The first-order valence-corrected chi connectivity index (χ1v) is 5.88. The molecule has 0 unspecified atom stereocenters. The molecule has 0 aliphatic rings. The molecule has 1 heterocycles. The first-order valence-electron chi connectivity index (χ1n) is 4.27. The largest absolute Gasteiger partial charge is 0.497 e. The average Bonchev–Trinajstić information content (AvgIpc) is 2.59. The Hall–Kier alpha value is -1.07. The van der Waals surface area contributed by atoms with Crippen LogP contribution in [0.3, 0.4) is 0 Å². The van der Waals surface area contributed by atoms with Gasteiger partial charge in [-0.15, -0.1) is 11.3 Å². The van der Waals surface area contributed by atoms with E-state index in [9.17, 15) is 0 Å². The molecule has 0 saturated heterocycles. The van der Waals surface area contributed by atoms with Crippen molar-refractivity contribution in [1.82, 2.24) is 4.98 Å². The van der Waals surface area contributed by atoms with Crippen LogP contribution in [0.2, 0.25) is 0 Å². The SMILES string of the molecule is COc1ccc(-c2nc(N)c(Br)s2)cc1. The van der Waals surface area contributed by atoms with Crippen molar-refractivity contribution in [2.24, 2.45) is 0 Å². The van der Waals surface area contributed by atoms with E-state index >= 15 is 0 Å². The van der Waals surface area contributed by atoms with Gasteiger partial charge in [0, 0.05) is 5.56 Å². The minimum Gasteiger partial charge on any atom is -0.497 e. The minimum atomic E-state index is 0.533. The maximum absolute atomic E-state index is 5.66. The van der Waals surface area contributed by atoms with Gasteiger partial charge in [0.15, 0.2) is 0 Å². The molecule has 1 aromatic carbocycles. The number of hydrogen-bond acceptors (Lipinski definition) is 4. The van der Waals surface area contributed by atoms with Crippen LogP contribution in [-0.2, 0) is 0 Å². The Morgan fingerprint density at radius 3 is 2.47 bits per heavy atom. The van der Waals surface area contributed by atoms with E-state index in [2.05, 4.69) is 20.9 Å². The second kappa shape index (κ2) is 4.20. The molecule has 0 atom stereocenters. The molecule has 0 aliphatic heterocycles. The van der Waals surface area contributed by atoms with Gasteiger partial charge in [-0.25, -0.2) is 4.98 Å². The van der Waals surface area contributed by atoms with Gasteiger partial charge in [0.2, 0.25) is 0 Å². The number of nitrogens with zero attached hydrogens (tertiary/aromatic N) is 1. The smallest absolute Gasteiger partial charge is 0.149 e. The van der Waals surface area contributed by atoms with E-state index in [0.717, 1.165) is 20.1 Å². The molecule has 0 amide bonds. The average molecular weight is 285 g/mol. The quantitative estimate of drug-likeness (QED) is 0.922. The molecule has 0 saturated carbocycles. The predicted molar refractivity (Wildman–Crippen MR) is 66.2 cm³/mol. The highest BCUT2D eigenvalue weighted by molar-refractivity contribution is 9.11. The Morgan fingerprint density at radius 2 is 2.00 bits per heavy atom. The van der Waals surface area contributed by atoms with E-state index in [4.69, 9.17) is 10.5 Å². The monoisotopic (exact) mass is 284 g/mol. The molecule has 15 heavy (non-hydrogen) atoms. The summed E-state index contributed by atoms with van der Waals surface area (Å²) in [5, 5.41) is 0.905. The van der Waals surface area contributed by atoms with Crippen LogP contribution in [0.1, 0.15) is 0 Å². The number of thiazole rings is 1. The maximum Gasteiger partial charge on any atom is 0.149 e. The number of ether oxygens (including phenoxy) is 1. The van der Waals surface area contributed by atoms with Crippen LogP contribution < -0.4 is 10.5 Å². The summed E-state index contributed by atoms with van der Waals surface area (Å²) < 4.78 is 5.95. The molecule has 0 fully saturated rings. The number of nitrogen functional groups attached to an aromatic ring is 1. The van der Waals surface area contributed by atoms with Crippen molar-refractivity contribution in [3.8, 4) is 16.3 Å². The molecule has 2 aromatic rings. The van der Waals surface area contributed by atoms with Gasteiger partial charge >= 0.3 is 0 Å². The third kappa shape index (κ3) is 2.13. The summed E-state index contributed by atoms with van der Waals surface area (Å²) in [5.41, 5.74) is 6.70. The summed E-state index contributed by atoms with van der Waals surface area (Å²) in [6.45, 7) is 0.